The third-order valence-corrected chi connectivity index (χ3v) is 4.59. The van der Waals surface area contributed by atoms with Gasteiger partial charge in [0.1, 0.15) is 5.82 Å². The summed E-state index contributed by atoms with van der Waals surface area (Å²) < 4.78 is 13.0. The molecule has 3 rings (SSSR count). The number of halogens is 1. The molecule has 0 spiro atoms. The van der Waals surface area contributed by atoms with Crippen LogP contribution in [0.25, 0.3) is 0 Å². The van der Waals surface area contributed by atoms with Gasteiger partial charge in [0.2, 0.25) is 0 Å². The number of likely N-dealkylation sites (tertiary alicyclic amines) is 1. The van der Waals surface area contributed by atoms with E-state index in [9.17, 15) is 9.50 Å². The van der Waals surface area contributed by atoms with Gasteiger partial charge in [-0.15, -0.1) is 0 Å². The summed E-state index contributed by atoms with van der Waals surface area (Å²) in [7, 11) is 0. The summed E-state index contributed by atoms with van der Waals surface area (Å²) in [6.07, 6.45) is 4.26. The first-order valence-electron chi connectivity index (χ1n) is 8.21. The van der Waals surface area contributed by atoms with Gasteiger partial charge in [0.15, 0.2) is 0 Å². The molecule has 4 heteroatoms. The molecular formula is C19H23FN2O. The normalized spacial score (nSPS) is 19.9. The van der Waals surface area contributed by atoms with Crippen molar-refractivity contribution in [3.05, 3.63) is 65.2 Å². The molecule has 0 bridgehead atoms. The zero-order valence-electron chi connectivity index (χ0n) is 13.5. The highest BCUT2D eigenvalue weighted by Gasteiger charge is 2.27. The Balaban J connectivity index is 1.62. The maximum absolute atomic E-state index is 13.0. The number of aliphatic hydroxyl groups is 1. The second-order valence-corrected chi connectivity index (χ2v) is 6.40. The van der Waals surface area contributed by atoms with Gasteiger partial charge >= 0.3 is 0 Å². The Labute approximate surface area is 136 Å². The summed E-state index contributed by atoms with van der Waals surface area (Å²) in [4.78, 5) is 6.87. The van der Waals surface area contributed by atoms with Gasteiger partial charge in [-0.25, -0.2) is 4.39 Å². The summed E-state index contributed by atoms with van der Waals surface area (Å²) in [5.74, 6) is -0.270. The van der Waals surface area contributed by atoms with Gasteiger partial charge in [0.25, 0.3) is 0 Å². The van der Waals surface area contributed by atoms with Crippen LogP contribution in [0.1, 0.15) is 42.2 Å². The van der Waals surface area contributed by atoms with Crippen molar-refractivity contribution >= 4 is 0 Å². The molecule has 0 amide bonds. The monoisotopic (exact) mass is 314 g/mol. The van der Waals surface area contributed by atoms with Crippen molar-refractivity contribution in [1.29, 1.82) is 0 Å². The van der Waals surface area contributed by atoms with Crippen LogP contribution in [0.15, 0.2) is 42.6 Å². The Kier molecular flexibility index (Phi) is 5.03. The lowest BCUT2D eigenvalue weighted by molar-refractivity contribution is 0.117. The van der Waals surface area contributed by atoms with Crippen molar-refractivity contribution in [2.75, 3.05) is 6.54 Å². The molecule has 3 nitrogen and oxygen atoms in total. The summed E-state index contributed by atoms with van der Waals surface area (Å²) in [6.45, 7) is 3.89. The van der Waals surface area contributed by atoms with E-state index >= 15 is 0 Å². The Hall–Kier alpha value is -1.78. The third-order valence-electron chi connectivity index (χ3n) is 4.59. The van der Waals surface area contributed by atoms with Crippen molar-refractivity contribution in [3.8, 4) is 0 Å². The zero-order chi connectivity index (χ0) is 16.2. The van der Waals surface area contributed by atoms with Crippen LogP contribution in [-0.2, 0) is 6.54 Å². The number of aromatic nitrogens is 1. The molecule has 2 unspecified atom stereocenters. The van der Waals surface area contributed by atoms with E-state index in [-0.39, 0.29) is 5.82 Å². The highest BCUT2D eigenvalue weighted by molar-refractivity contribution is 5.19. The van der Waals surface area contributed by atoms with Crippen LogP contribution in [0.5, 0.6) is 0 Å². The fraction of sp³-hybridized carbons (Fsp3) is 0.421. The minimum Gasteiger partial charge on any atom is -0.388 e. The molecule has 1 aliphatic heterocycles. The van der Waals surface area contributed by atoms with Gasteiger partial charge in [0, 0.05) is 18.8 Å². The van der Waals surface area contributed by atoms with Crippen molar-refractivity contribution < 1.29 is 9.50 Å². The van der Waals surface area contributed by atoms with Gasteiger partial charge in [-0.05, 0) is 62.1 Å². The maximum atomic E-state index is 13.0. The molecule has 0 radical (unpaired) electrons. The quantitative estimate of drug-likeness (QED) is 0.916. The first-order valence-corrected chi connectivity index (χ1v) is 8.21. The highest BCUT2D eigenvalue weighted by Crippen LogP contribution is 2.28. The highest BCUT2D eigenvalue weighted by atomic mass is 19.1. The van der Waals surface area contributed by atoms with Crippen molar-refractivity contribution in [3.63, 3.8) is 0 Å². The van der Waals surface area contributed by atoms with E-state index in [2.05, 4.69) is 22.0 Å². The number of hydrogen-bond donors (Lipinski definition) is 1. The number of aryl methyl sites for hydroxylation is 1. The second-order valence-electron chi connectivity index (χ2n) is 6.40. The molecule has 1 aliphatic rings. The topological polar surface area (TPSA) is 36.4 Å². The molecule has 23 heavy (non-hydrogen) atoms. The van der Waals surface area contributed by atoms with Crippen LogP contribution in [0, 0.1) is 12.7 Å². The maximum Gasteiger partial charge on any atom is 0.123 e. The third kappa shape index (κ3) is 4.15. The minimum absolute atomic E-state index is 0.270. The average molecular weight is 314 g/mol. The summed E-state index contributed by atoms with van der Waals surface area (Å²) in [6, 6.07) is 10.6. The summed E-state index contributed by atoms with van der Waals surface area (Å²) in [5, 5.41) is 10.4. The SMILES string of the molecule is Cc1ccc(CN2CCCC2CC(O)c2ccc(F)cc2)nc1. The van der Waals surface area contributed by atoms with Gasteiger partial charge in [0.05, 0.1) is 11.8 Å². The predicted molar refractivity (Wildman–Crippen MR) is 88.4 cm³/mol. The number of rotatable bonds is 5. The number of pyridine rings is 1. The number of nitrogens with zero attached hydrogens (tertiary/aromatic N) is 2. The van der Waals surface area contributed by atoms with Gasteiger partial charge in [-0.1, -0.05) is 18.2 Å². The fourth-order valence-electron chi connectivity index (χ4n) is 3.25. The van der Waals surface area contributed by atoms with Crippen molar-refractivity contribution in [1.82, 2.24) is 9.88 Å². The van der Waals surface area contributed by atoms with Crippen LogP contribution < -0.4 is 0 Å². The van der Waals surface area contributed by atoms with E-state index in [1.165, 1.54) is 17.7 Å². The number of aliphatic hydroxyl groups excluding tert-OH is 1. The van der Waals surface area contributed by atoms with Crippen LogP contribution in [0.3, 0.4) is 0 Å². The van der Waals surface area contributed by atoms with Crippen LogP contribution in [-0.4, -0.2) is 27.6 Å². The molecular weight excluding hydrogens is 291 g/mol. The van der Waals surface area contributed by atoms with E-state index in [4.69, 9.17) is 0 Å². The minimum atomic E-state index is -0.549. The Bertz CT molecular complexity index is 627. The Morgan fingerprint density at radius 1 is 1.26 bits per heavy atom. The lowest BCUT2D eigenvalue weighted by atomic mass is 10.0. The molecule has 0 aliphatic carbocycles. The van der Waals surface area contributed by atoms with Crippen molar-refractivity contribution in [2.24, 2.45) is 0 Å². The molecule has 2 aromatic rings. The van der Waals surface area contributed by atoms with E-state index in [1.54, 1.807) is 12.1 Å². The average Bonchev–Trinajstić information content (AvgIpc) is 2.97. The van der Waals surface area contributed by atoms with Gasteiger partial charge in [-0.2, -0.15) is 0 Å². The van der Waals surface area contributed by atoms with Gasteiger partial charge in [-0.3, -0.25) is 9.88 Å². The summed E-state index contributed by atoms with van der Waals surface area (Å²) in [5.41, 5.74) is 3.02. The smallest absolute Gasteiger partial charge is 0.123 e. The molecule has 2 atom stereocenters. The molecule has 1 aromatic carbocycles. The molecule has 0 saturated carbocycles. The van der Waals surface area contributed by atoms with Gasteiger partial charge < -0.3 is 5.11 Å². The molecule has 1 N–H and O–H groups in total. The van der Waals surface area contributed by atoms with Crippen molar-refractivity contribution in [2.45, 2.75) is 44.9 Å². The zero-order valence-corrected chi connectivity index (χ0v) is 13.5. The molecule has 1 fully saturated rings. The largest absolute Gasteiger partial charge is 0.388 e. The molecule has 1 aromatic heterocycles. The number of hydrogen-bond acceptors (Lipinski definition) is 3. The van der Waals surface area contributed by atoms with Crippen LogP contribution in [0.4, 0.5) is 4.39 Å². The Morgan fingerprint density at radius 3 is 2.74 bits per heavy atom. The van der Waals surface area contributed by atoms with E-state index in [0.29, 0.717) is 12.5 Å². The second kappa shape index (κ2) is 7.20. The van der Waals surface area contributed by atoms with Crippen LogP contribution >= 0.6 is 0 Å². The standard InChI is InChI=1S/C19H23FN2O/c1-14-4-9-17(21-12-14)13-22-10-2-3-18(22)11-19(23)15-5-7-16(20)8-6-15/h4-9,12,18-19,23H,2-3,10-11,13H2,1H3. The van der Waals surface area contributed by atoms with E-state index in [0.717, 1.165) is 37.2 Å². The lowest BCUT2D eigenvalue weighted by Crippen LogP contribution is -2.30. The lowest BCUT2D eigenvalue weighted by Gasteiger charge is -2.26. The molecule has 2 heterocycles. The van der Waals surface area contributed by atoms with E-state index < -0.39 is 6.10 Å². The molecule has 1 saturated heterocycles. The number of benzene rings is 1. The van der Waals surface area contributed by atoms with E-state index in [1.807, 2.05) is 13.1 Å². The molecule has 122 valence electrons. The Morgan fingerprint density at radius 2 is 2.04 bits per heavy atom. The predicted octanol–water partition coefficient (Wildman–Crippen LogP) is 3.62. The summed E-state index contributed by atoms with van der Waals surface area (Å²) >= 11 is 0. The van der Waals surface area contributed by atoms with Crippen LogP contribution in [0.2, 0.25) is 0 Å². The fourth-order valence-corrected chi connectivity index (χ4v) is 3.25. The first kappa shape index (κ1) is 16.1. The first-order chi connectivity index (χ1) is 11.1.